The minimum atomic E-state index is -0.821. The molecule has 0 aromatic heterocycles. The Balaban J connectivity index is 2.28. The number of urea groups is 1. The second kappa shape index (κ2) is 7.60. The van der Waals surface area contributed by atoms with Gasteiger partial charge in [0.15, 0.2) is 0 Å². The summed E-state index contributed by atoms with van der Waals surface area (Å²) in [7, 11) is 0. The van der Waals surface area contributed by atoms with Gasteiger partial charge in [0.05, 0.1) is 12.5 Å². The fourth-order valence-corrected chi connectivity index (χ4v) is 2.15. The molecule has 2 atom stereocenters. The predicted octanol–water partition coefficient (Wildman–Crippen LogP) is 0.492. The lowest BCUT2D eigenvalue weighted by atomic mass is 9.86. The number of carbonyl (C=O) groups excluding carboxylic acids is 2. The molecule has 2 amide bonds. The van der Waals surface area contributed by atoms with Gasteiger partial charge in [-0.05, 0) is 26.2 Å². The summed E-state index contributed by atoms with van der Waals surface area (Å²) in [5.74, 6) is -1.72. The normalized spacial score (nSPS) is 22.4. The van der Waals surface area contributed by atoms with Crippen LogP contribution in [0.5, 0.6) is 0 Å². The van der Waals surface area contributed by atoms with E-state index in [1.54, 1.807) is 6.92 Å². The highest BCUT2D eigenvalue weighted by Gasteiger charge is 2.27. The van der Waals surface area contributed by atoms with E-state index >= 15 is 0 Å². The fraction of sp³-hybridized carbons (Fsp3) is 0.750. The van der Waals surface area contributed by atoms with Crippen LogP contribution in [0.2, 0.25) is 0 Å². The molecule has 19 heavy (non-hydrogen) atoms. The topological polar surface area (TPSA) is 105 Å². The molecule has 0 heterocycles. The third-order valence-electron chi connectivity index (χ3n) is 3.06. The number of ether oxygens (including phenoxy) is 1. The quantitative estimate of drug-likeness (QED) is 0.632. The van der Waals surface area contributed by atoms with Crippen LogP contribution in [-0.2, 0) is 14.3 Å². The van der Waals surface area contributed by atoms with Crippen LogP contribution in [0.15, 0.2) is 0 Å². The summed E-state index contributed by atoms with van der Waals surface area (Å²) in [6.45, 7) is 1.77. The molecule has 0 saturated heterocycles. The van der Waals surface area contributed by atoms with Gasteiger partial charge in [-0.2, -0.15) is 0 Å². The smallest absolute Gasteiger partial charge is 0.325 e. The SMILES string of the molecule is CCOC(=O)CNC(=O)NC1CCCC(C(=O)O)C1. The number of rotatable bonds is 5. The molecule has 0 radical (unpaired) electrons. The Morgan fingerprint density at radius 1 is 1.32 bits per heavy atom. The third-order valence-corrected chi connectivity index (χ3v) is 3.06. The molecule has 0 aromatic rings. The minimum Gasteiger partial charge on any atom is -0.481 e. The Morgan fingerprint density at radius 2 is 2.05 bits per heavy atom. The second-order valence-corrected chi connectivity index (χ2v) is 4.53. The zero-order chi connectivity index (χ0) is 14.3. The highest BCUT2D eigenvalue weighted by Crippen LogP contribution is 2.24. The number of aliphatic carboxylic acids is 1. The number of esters is 1. The highest BCUT2D eigenvalue weighted by atomic mass is 16.5. The summed E-state index contributed by atoms with van der Waals surface area (Å²) in [5.41, 5.74) is 0. The molecule has 0 bridgehead atoms. The lowest BCUT2D eigenvalue weighted by Gasteiger charge is -2.27. The molecule has 1 aliphatic carbocycles. The van der Waals surface area contributed by atoms with Crippen LogP contribution in [0.3, 0.4) is 0 Å². The van der Waals surface area contributed by atoms with Crippen LogP contribution < -0.4 is 10.6 Å². The molecule has 1 aliphatic rings. The maximum atomic E-state index is 11.5. The molecule has 1 saturated carbocycles. The molecule has 1 rings (SSSR count). The van der Waals surface area contributed by atoms with Crippen molar-refractivity contribution in [2.75, 3.05) is 13.2 Å². The van der Waals surface area contributed by atoms with Crippen LogP contribution in [0.25, 0.3) is 0 Å². The number of nitrogens with one attached hydrogen (secondary N) is 2. The predicted molar refractivity (Wildman–Crippen MR) is 66.5 cm³/mol. The number of amides is 2. The van der Waals surface area contributed by atoms with Crippen LogP contribution in [0.1, 0.15) is 32.6 Å². The largest absolute Gasteiger partial charge is 0.481 e. The van der Waals surface area contributed by atoms with E-state index in [1.807, 2.05) is 0 Å². The highest BCUT2D eigenvalue weighted by molar-refractivity contribution is 5.81. The summed E-state index contributed by atoms with van der Waals surface area (Å²) in [6, 6.07) is -0.624. The molecule has 108 valence electrons. The first kappa shape index (κ1) is 15.3. The van der Waals surface area contributed by atoms with Crippen LogP contribution >= 0.6 is 0 Å². The number of carboxylic acids is 1. The van der Waals surface area contributed by atoms with Crippen LogP contribution in [0.4, 0.5) is 4.79 Å². The fourth-order valence-electron chi connectivity index (χ4n) is 2.15. The van der Waals surface area contributed by atoms with E-state index < -0.39 is 23.9 Å². The molecular formula is C12H20N2O5. The molecular weight excluding hydrogens is 252 g/mol. The molecule has 1 fully saturated rings. The monoisotopic (exact) mass is 272 g/mol. The summed E-state index contributed by atoms with van der Waals surface area (Å²) in [4.78, 5) is 33.4. The van der Waals surface area contributed by atoms with Crippen molar-refractivity contribution >= 4 is 18.0 Å². The van der Waals surface area contributed by atoms with Crippen molar-refractivity contribution < 1.29 is 24.2 Å². The lowest BCUT2D eigenvalue weighted by Crippen LogP contribution is -2.46. The Labute approximate surface area is 111 Å². The molecule has 3 N–H and O–H groups in total. The van der Waals surface area contributed by atoms with E-state index in [0.717, 1.165) is 12.8 Å². The van der Waals surface area contributed by atoms with Gasteiger partial charge in [0.25, 0.3) is 0 Å². The first-order valence-corrected chi connectivity index (χ1v) is 6.45. The molecule has 0 spiro atoms. The standard InChI is InChI=1S/C12H20N2O5/c1-2-19-10(15)7-13-12(18)14-9-5-3-4-8(6-9)11(16)17/h8-9H,2-7H2,1H3,(H,16,17)(H2,13,14,18). The zero-order valence-corrected chi connectivity index (χ0v) is 11.0. The van der Waals surface area contributed by atoms with Crippen molar-refractivity contribution in [3.05, 3.63) is 0 Å². The lowest BCUT2D eigenvalue weighted by molar-refractivity contribution is -0.143. The molecule has 2 unspecified atom stereocenters. The Hall–Kier alpha value is -1.79. The summed E-state index contributed by atoms with van der Waals surface area (Å²) < 4.78 is 4.67. The van der Waals surface area contributed by atoms with Gasteiger partial charge in [-0.25, -0.2) is 4.79 Å². The maximum Gasteiger partial charge on any atom is 0.325 e. The van der Waals surface area contributed by atoms with E-state index in [1.165, 1.54) is 0 Å². The Bertz CT molecular complexity index is 345. The minimum absolute atomic E-state index is 0.156. The van der Waals surface area contributed by atoms with Crippen molar-refractivity contribution in [2.45, 2.75) is 38.6 Å². The van der Waals surface area contributed by atoms with Gasteiger partial charge in [0.2, 0.25) is 0 Å². The van der Waals surface area contributed by atoms with Crippen molar-refractivity contribution in [1.29, 1.82) is 0 Å². The molecule has 0 aliphatic heterocycles. The Morgan fingerprint density at radius 3 is 2.68 bits per heavy atom. The summed E-state index contributed by atoms with van der Waals surface area (Å²) >= 11 is 0. The summed E-state index contributed by atoms with van der Waals surface area (Å²) in [6.07, 6.45) is 2.62. The number of carbonyl (C=O) groups is 3. The van der Waals surface area contributed by atoms with Crippen molar-refractivity contribution in [3.63, 3.8) is 0 Å². The van der Waals surface area contributed by atoms with E-state index in [0.29, 0.717) is 12.8 Å². The summed E-state index contributed by atoms with van der Waals surface area (Å²) in [5, 5.41) is 14.0. The van der Waals surface area contributed by atoms with E-state index in [2.05, 4.69) is 15.4 Å². The van der Waals surface area contributed by atoms with Gasteiger partial charge in [-0.15, -0.1) is 0 Å². The van der Waals surface area contributed by atoms with Gasteiger partial charge < -0.3 is 20.5 Å². The molecule has 0 aromatic carbocycles. The Kier molecular flexibility index (Phi) is 6.11. The van der Waals surface area contributed by atoms with E-state index in [9.17, 15) is 14.4 Å². The average molecular weight is 272 g/mol. The van der Waals surface area contributed by atoms with Crippen molar-refractivity contribution in [1.82, 2.24) is 10.6 Å². The van der Waals surface area contributed by atoms with Crippen molar-refractivity contribution in [2.24, 2.45) is 5.92 Å². The van der Waals surface area contributed by atoms with E-state index in [4.69, 9.17) is 5.11 Å². The maximum absolute atomic E-state index is 11.5. The number of hydrogen-bond acceptors (Lipinski definition) is 4. The first-order chi connectivity index (χ1) is 9.02. The third kappa shape index (κ3) is 5.58. The van der Waals surface area contributed by atoms with Crippen LogP contribution in [0, 0.1) is 5.92 Å². The number of carboxylic acid groups (broad SMARTS) is 1. The van der Waals surface area contributed by atoms with Gasteiger partial charge in [0.1, 0.15) is 6.54 Å². The van der Waals surface area contributed by atoms with Crippen molar-refractivity contribution in [3.8, 4) is 0 Å². The van der Waals surface area contributed by atoms with Gasteiger partial charge in [-0.3, -0.25) is 9.59 Å². The second-order valence-electron chi connectivity index (χ2n) is 4.53. The van der Waals surface area contributed by atoms with Gasteiger partial charge in [-0.1, -0.05) is 6.42 Å². The molecule has 7 nitrogen and oxygen atoms in total. The van der Waals surface area contributed by atoms with Crippen LogP contribution in [-0.4, -0.2) is 42.3 Å². The average Bonchev–Trinajstić information content (AvgIpc) is 2.37. The number of hydrogen-bond donors (Lipinski definition) is 3. The first-order valence-electron chi connectivity index (χ1n) is 6.45. The van der Waals surface area contributed by atoms with Gasteiger partial charge in [0, 0.05) is 6.04 Å². The zero-order valence-electron chi connectivity index (χ0n) is 11.0. The molecule has 7 heteroatoms. The van der Waals surface area contributed by atoms with Gasteiger partial charge >= 0.3 is 18.0 Å². The van der Waals surface area contributed by atoms with E-state index in [-0.39, 0.29) is 19.2 Å².